The molecule has 1 atom stereocenters. The van der Waals surface area contributed by atoms with E-state index in [4.69, 9.17) is 9.47 Å². The van der Waals surface area contributed by atoms with E-state index in [9.17, 15) is 4.79 Å². The molecule has 1 unspecified atom stereocenters. The Bertz CT molecular complexity index is 450. The zero-order chi connectivity index (χ0) is 13.7. The molecule has 1 aromatic rings. The largest absolute Gasteiger partial charge is 0.490 e. The van der Waals surface area contributed by atoms with Crippen molar-refractivity contribution < 1.29 is 14.3 Å². The van der Waals surface area contributed by atoms with Crippen molar-refractivity contribution in [3.05, 3.63) is 18.2 Å². The maximum absolute atomic E-state index is 11.9. The molecule has 2 rings (SSSR count). The summed E-state index contributed by atoms with van der Waals surface area (Å²) < 4.78 is 11.2. The molecular weight excluding hydrogens is 262 g/mol. The van der Waals surface area contributed by atoms with Crippen molar-refractivity contribution in [2.45, 2.75) is 13.3 Å². The number of benzene rings is 1. The van der Waals surface area contributed by atoms with E-state index in [0.29, 0.717) is 19.0 Å². The number of nitrogens with one attached hydrogen (secondary N) is 1. The Morgan fingerprint density at radius 3 is 2.84 bits per heavy atom. The van der Waals surface area contributed by atoms with Crippen LogP contribution in [0.25, 0.3) is 0 Å². The second-order valence-corrected chi connectivity index (χ2v) is 5.47. The van der Waals surface area contributed by atoms with Gasteiger partial charge in [-0.2, -0.15) is 11.8 Å². The number of rotatable bonds is 4. The lowest BCUT2D eigenvalue weighted by Gasteiger charge is -2.13. The van der Waals surface area contributed by atoms with Crippen LogP contribution in [0.1, 0.15) is 13.3 Å². The number of amides is 1. The van der Waals surface area contributed by atoms with Gasteiger partial charge in [-0.1, -0.05) is 6.92 Å². The second-order valence-electron chi connectivity index (χ2n) is 4.56. The molecular formula is C14H19NO3S. The number of ether oxygens (including phenoxy) is 2. The van der Waals surface area contributed by atoms with Crippen LogP contribution in [0.3, 0.4) is 0 Å². The van der Waals surface area contributed by atoms with Crippen LogP contribution in [0.4, 0.5) is 5.69 Å². The second kappa shape index (κ2) is 6.70. The first kappa shape index (κ1) is 14.1. The molecule has 1 aliphatic rings. The molecule has 0 radical (unpaired) electrons. The third kappa shape index (κ3) is 3.80. The smallest absolute Gasteiger partial charge is 0.228 e. The maximum Gasteiger partial charge on any atom is 0.228 e. The Morgan fingerprint density at radius 1 is 1.37 bits per heavy atom. The molecule has 1 heterocycles. The molecule has 1 amide bonds. The summed E-state index contributed by atoms with van der Waals surface area (Å²) in [6.07, 6.45) is 2.87. The Labute approximate surface area is 117 Å². The van der Waals surface area contributed by atoms with Crippen LogP contribution in [0.2, 0.25) is 0 Å². The Morgan fingerprint density at radius 2 is 2.11 bits per heavy atom. The summed E-state index contributed by atoms with van der Waals surface area (Å²) >= 11 is 1.67. The first-order valence-electron chi connectivity index (χ1n) is 6.40. The minimum atomic E-state index is -0.00835. The van der Waals surface area contributed by atoms with Crippen LogP contribution < -0.4 is 14.8 Å². The molecule has 5 heteroatoms. The van der Waals surface area contributed by atoms with Gasteiger partial charge in [0.2, 0.25) is 5.91 Å². The van der Waals surface area contributed by atoms with E-state index in [1.807, 2.05) is 31.4 Å². The van der Waals surface area contributed by atoms with Gasteiger partial charge in [-0.3, -0.25) is 4.79 Å². The molecule has 0 bridgehead atoms. The molecule has 104 valence electrons. The summed E-state index contributed by atoms with van der Waals surface area (Å²) in [5.41, 5.74) is 0.752. The number of thioether (sulfide) groups is 1. The lowest BCUT2D eigenvalue weighted by atomic mass is 10.2. The van der Waals surface area contributed by atoms with E-state index < -0.39 is 0 Å². The van der Waals surface area contributed by atoms with Gasteiger partial charge in [-0.15, -0.1) is 0 Å². The van der Waals surface area contributed by atoms with Gasteiger partial charge in [-0.05, 0) is 18.4 Å². The summed E-state index contributed by atoms with van der Waals surface area (Å²) in [5.74, 6) is 2.28. The SMILES string of the molecule is CSCC(C)C(=O)Nc1ccc2c(c1)OCCCO2. The fourth-order valence-electron chi connectivity index (χ4n) is 1.83. The van der Waals surface area contributed by atoms with Gasteiger partial charge in [0, 0.05) is 29.8 Å². The van der Waals surface area contributed by atoms with Crippen LogP contribution >= 0.6 is 11.8 Å². The first-order valence-corrected chi connectivity index (χ1v) is 7.79. The Kier molecular flexibility index (Phi) is 4.96. The zero-order valence-corrected chi connectivity index (χ0v) is 12.1. The molecule has 0 aliphatic carbocycles. The number of carbonyl (C=O) groups is 1. The summed E-state index contributed by atoms with van der Waals surface area (Å²) in [5, 5.41) is 2.91. The molecule has 1 aliphatic heterocycles. The van der Waals surface area contributed by atoms with Crippen LogP contribution in [-0.2, 0) is 4.79 Å². The van der Waals surface area contributed by atoms with Gasteiger partial charge in [0.05, 0.1) is 13.2 Å². The highest BCUT2D eigenvalue weighted by Crippen LogP contribution is 2.32. The zero-order valence-electron chi connectivity index (χ0n) is 11.3. The molecule has 0 fully saturated rings. The van der Waals surface area contributed by atoms with Crippen molar-refractivity contribution in [3.63, 3.8) is 0 Å². The average molecular weight is 281 g/mol. The molecule has 1 aromatic carbocycles. The highest BCUT2D eigenvalue weighted by Gasteiger charge is 2.15. The minimum Gasteiger partial charge on any atom is -0.490 e. The van der Waals surface area contributed by atoms with Crippen LogP contribution in [0.5, 0.6) is 11.5 Å². The average Bonchev–Trinajstić information content (AvgIpc) is 2.63. The van der Waals surface area contributed by atoms with Crippen molar-refractivity contribution in [1.82, 2.24) is 0 Å². The van der Waals surface area contributed by atoms with E-state index >= 15 is 0 Å². The minimum absolute atomic E-state index is 0.00835. The van der Waals surface area contributed by atoms with E-state index in [2.05, 4.69) is 5.32 Å². The van der Waals surface area contributed by atoms with Crippen LogP contribution in [-0.4, -0.2) is 31.1 Å². The molecule has 0 spiro atoms. The quantitative estimate of drug-likeness (QED) is 0.922. The van der Waals surface area contributed by atoms with Crippen LogP contribution in [0.15, 0.2) is 18.2 Å². The van der Waals surface area contributed by atoms with Crippen molar-refractivity contribution in [2.24, 2.45) is 5.92 Å². The Balaban J connectivity index is 2.05. The van der Waals surface area contributed by atoms with Crippen molar-refractivity contribution >= 4 is 23.4 Å². The van der Waals surface area contributed by atoms with E-state index in [1.165, 1.54) is 0 Å². The van der Waals surface area contributed by atoms with E-state index in [-0.39, 0.29) is 11.8 Å². The standard InChI is InChI=1S/C14H19NO3S/c1-10(9-19-2)14(16)15-11-4-5-12-13(8-11)18-7-3-6-17-12/h4-5,8,10H,3,6-7,9H2,1-2H3,(H,15,16). The first-order chi connectivity index (χ1) is 9.20. The fourth-order valence-corrected chi connectivity index (χ4v) is 2.48. The predicted molar refractivity (Wildman–Crippen MR) is 78.2 cm³/mol. The van der Waals surface area contributed by atoms with Crippen LogP contribution in [0, 0.1) is 5.92 Å². The number of hydrogen-bond donors (Lipinski definition) is 1. The molecule has 19 heavy (non-hydrogen) atoms. The van der Waals surface area contributed by atoms with Gasteiger partial charge in [0.1, 0.15) is 0 Å². The lowest BCUT2D eigenvalue weighted by Crippen LogP contribution is -2.22. The van der Waals surface area contributed by atoms with E-state index in [1.54, 1.807) is 11.8 Å². The van der Waals surface area contributed by atoms with Gasteiger partial charge >= 0.3 is 0 Å². The third-order valence-corrected chi connectivity index (χ3v) is 3.71. The molecule has 1 N–H and O–H groups in total. The van der Waals surface area contributed by atoms with Gasteiger partial charge in [-0.25, -0.2) is 0 Å². The molecule has 0 saturated carbocycles. The number of fused-ring (bicyclic) bond motifs is 1. The Hall–Kier alpha value is -1.36. The highest BCUT2D eigenvalue weighted by atomic mass is 32.2. The van der Waals surface area contributed by atoms with Crippen molar-refractivity contribution in [3.8, 4) is 11.5 Å². The highest BCUT2D eigenvalue weighted by molar-refractivity contribution is 7.98. The molecule has 4 nitrogen and oxygen atoms in total. The lowest BCUT2D eigenvalue weighted by molar-refractivity contribution is -0.118. The summed E-state index contributed by atoms with van der Waals surface area (Å²) in [7, 11) is 0. The third-order valence-electron chi connectivity index (χ3n) is 2.88. The fraction of sp³-hybridized carbons (Fsp3) is 0.500. The summed E-state index contributed by atoms with van der Waals surface area (Å²) in [6.45, 7) is 3.24. The number of carbonyl (C=O) groups excluding carboxylic acids is 1. The number of anilines is 1. The topological polar surface area (TPSA) is 47.6 Å². The van der Waals surface area contributed by atoms with Gasteiger partial charge in [0.15, 0.2) is 11.5 Å². The van der Waals surface area contributed by atoms with Crippen molar-refractivity contribution in [2.75, 3.05) is 30.5 Å². The number of hydrogen-bond acceptors (Lipinski definition) is 4. The van der Waals surface area contributed by atoms with Crippen molar-refractivity contribution in [1.29, 1.82) is 0 Å². The summed E-state index contributed by atoms with van der Waals surface area (Å²) in [6, 6.07) is 5.51. The monoisotopic (exact) mass is 281 g/mol. The molecule has 0 saturated heterocycles. The normalized spacial score (nSPS) is 15.5. The predicted octanol–water partition coefficient (Wildman–Crippen LogP) is 2.79. The molecule has 0 aromatic heterocycles. The summed E-state index contributed by atoms with van der Waals surface area (Å²) in [4.78, 5) is 11.9. The van der Waals surface area contributed by atoms with Gasteiger partial charge < -0.3 is 14.8 Å². The van der Waals surface area contributed by atoms with E-state index in [0.717, 1.165) is 23.6 Å². The maximum atomic E-state index is 11.9. The van der Waals surface area contributed by atoms with Gasteiger partial charge in [0.25, 0.3) is 0 Å².